The van der Waals surface area contributed by atoms with E-state index in [9.17, 15) is 23.1 Å². The van der Waals surface area contributed by atoms with Gasteiger partial charge in [-0.3, -0.25) is 9.59 Å². The van der Waals surface area contributed by atoms with Crippen LogP contribution < -0.4 is 4.31 Å². The Kier molecular flexibility index (Phi) is 4.96. The van der Waals surface area contributed by atoms with Gasteiger partial charge in [-0.25, -0.2) is 12.7 Å². The molecule has 1 aliphatic rings. The number of carbonyl (C=O) groups excluding carboxylic acids is 1. The van der Waals surface area contributed by atoms with E-state index in [2.05, 4.69) is 0 Å². The van der Waals surface area contributed by atoms with Crippen LogP contribution in [0.15, 0.2) is 53.4 Å². The Morgan fingerprint density at radius 2 is 1.74 bits per heavy atom. The first kappa shape index (κ1) is 19.7. The van der Waals surface area contributed by atoms with E-state index < -0.39 is 38.6 Å². The maximum atomic E-state index is 13.3. The van der Waals surface area contributed by atoms with E-state index >= 15 is 0 Å². The third-order valence-electron chi connectivity index (χ3n) is 4.31. The number of anilines is 1. The van der Waals surface area contributed by atoms with Gasteiger partial charge in [0.15, 0.2) is 5.78 Å². The number of rotatable bonds is 3. The molecule has 0 spiro atoms. The topological polar surface area (TPSA) is 91.8 Å². The van der Waals surface area contributed by atoms with Crippen LogP contribution >= 0.6 is 23.2 Å². The molecule has 0 bridgehead atoms. The van der Waals surface area contributed by atoms with Gasteiger partial charge < -0.3 is 5.11 Å². The van der Waals surface area contributed by atoms with Crippen LogP contribution in [0.25, 0.3) is 0 Å². The Labute approximate surface area is 166 Å². The van der Waals surface area contributed by atoms with E-state index in [0.717, 1.165) is 9.87 Å². The van der Waals surface area contributed by atoms with Crippen LogP contribution in [-0.4, -0.2) is 29.7 Å². The summed E-state index contributed by atoms with van der Waals surface area (Å²) in [5.74, 6) is -3.74. The summed E-state index contributed by atoms with van der Waals surface area (Å²) in [4.78, 5) is 24.2. The number of benzene rings is 2. The van der Waals surface area contributed by atoms with E-state index in [1.54, 1.807) is 19.1 Å². The number of carbonyl (C=O) groups is 2. The highest BCUT2D eigenvalue weighted by molar-refractivity contribution is 7.93. The van der Waals surface area contributed by atoms with Gasteiger partial charge in [0.2, 0.25) is 4.46 Å². The van der Waals surface area contributed by atoms with Crippen molar-refractivity contribution in [3.63, 3.8) is 0 Å². The van der Waals surface area contributed by atoms with Crippen molar-refractivity contribution in [2.75, 3.05) is 4.31 Å². The number of alkyl halides is 2. The minimum absolute atomic E-state index is 0.0585. The summed E-state index contributed by atoms with van der Waals surface area (Å²) in [6.07, 6.45) is -0.593. The highest BCUT2D eigenvalue weighted by atomic mass is 35.5. The lowest BCUT2D eigenvalue weighted by Gasteiger charge is -2.34. The van der Waals surface area contributed by atoms with Crippen LogP contribution in [0.2, 0.25) is 0 Å². The van der Waals surface area contributed by atoms with E-state index in [4.69, 9.17) is 23.2 Å². The first-order valence-electron chi connectivity index (χ1n) is 7.91. The number of aliphatic carboxylic acids is 1. The number of carboxylic acids is 1. The van der Waals surface area contributed by atoms with Crippen LogP contribution in [-0.2, 0) is 14.8 Å². The summed E-state index contributed by atoms with van der Waals surface area (Å²) in [6, 6.07) is 11.8. The smallest absolute Gasteiger partial charge is 0.314 e. The van der Waals surface area contributed by atoms with Crippen molar-refractivity contribution in [3.8, 4) is 0 Å². The van der Waals surface area contributed by atoms with Crippen LogP contribution in [0.4, 0.5) is 5.69 Å². The first-order valence-corrected chi connectivity index (χ1v) is 10.1. The van der Waals surface area contributed by atoms with Crippen LogP contribution in [0, 0.1) is 12.8 Å². The second kappa shape index (κ2) is 6.82. The molecule has 0 radical (unpaired) electrons. The predicted octanol–water partition coefficient (Wildman–Crippen LogP) is 3.61. The van der Waals surface area contributed by atoms with Crippen molar-refractivity contribution in [1.82, 2.24) is 0 Å². The second-order valence-electron chi connectivity index (χ2n) is 6.22. The zero-order valence-electron chi connectivity index (χ0n) is 14.1. The fourth-order valence-electron chi connectivity index (χ4n) is 2.96. The van der Waals surface area contributed by atoms with E-state index in [1.165, 1.54) is 36.4 Å². The molecule has 1 aliphatic heterocycles. The Balaban J connectivity index is 2.27. The molecule has 0 amide bonds. The SMILES string of the molecule is Cc1ccc(S(=O)(=O)N2c3ccccc3C(=O)C(C(=O)O)CC2(Cl)Cl)cc1. The monoisotopic (exact) mass is 427 g/mol. The number of hydrogen-bond acceptors (Lipinski definition) is 4. The zero-order valence-corrected chi connectivity index (χ0v) is 16.4. The van der Waals surface area contributed by atoms with Gasteiger partial charge in [-0.05, 0) is 31.2 Å². The van der Waals surface area contributed by atoms with Crippen LogP contribution in [0.3, 0.4) is 0 Å². The normalized spacial score (nSPS) is 19.3. The molecule has 0 aliphatic carbocycles. The van der Waals surface area contributed by atoms with Crippen LogP contribution in [0.5, 0.6) is 0 Å². The summed E-state index contributed by atoms with van der Waals surface area (Å²) in [5, 5.41) is 9.42. The molecule has 0 aromatic heterocycles. The van der Waals surface area contributed by atoms with Crippen molar-refractivity contribution in [1.29, 1.82) is 0 Å². The zero-order chi connectivity index (χ0) is 20.0. The van der Waals surface area contributed by atoms with E-state index in [-0.39, 0.29) is 16.1 Å². The lowest BCUT2D eigenvalue weighted by atomic mass is 9.95. The number of nitrogens with zero attached hydrogens (tertiary/aromatic N) is 1. The summed E-state index contributed by atoms with van der Waals surface area (Å²) >= 11 is 12.7. The number of halogens is 2. The largest absolute Gasteiger partial charge is 0.481 e. The van der Waals surface area contributed by atoms with Crippen molar-refractivity contribution in [2.24, 2.45) is 5.92 Å². The predicted molar refractivity (Wildman–Crippen MR) is 102 cm³/mol. The van der Waals surface area contributed by atoms with Gasteiger partial charge in [0.25, 0.3) is 10.0 Å². The molecule has 0 fully saturated rings. The standard InChI is InChI=1S/C18H15Cl2NO5S/c1-11-6-8-12(9-7-11)27(25,26)21-15-5-3-2-4-13(15)16(22)14(17(23)24)10-18(21,19)20/h2-9,14H,10H2,1H3,(H,23,24). The maximum Gasteiger partial charge on any atom is 0.314 e. The molecule has 2 aromatic carbocycles. The Hall–Kier alpha value is -2.09. The van der Waals surface area contributed by atoms with Crippen LogP contribution in [0.1, 0.15) is 22.3 Å². The van der Waals surface area contributed by atoms with Gasteiger partial charge in [-0.15, -0.1) is 0 Å². The highest BCUT2D eigenvalue weighted by Crippen LogP contribution is 2.46. The average Bonchev–Trinajstić information content (AvgIpc) is 2.68. The lowest BCUT2D eigenvalue weighted by Crippen LogP contribution is -2.45. The van der Waals surface area contributed by atoms with E-state index in [0.29, 0.717) is 0 Å². The van der Waals surface area contributed by atoms with Gasteiger partial charge >= 0.3 is 5.97 Å². The summed E-state index contributed by atoms with van der Waals surface area (Å²) < 4.78 is 25.2. The number of Topliss-reactive ketones (excluding diaryl/α,β-unsaturated/α-hetero) is 1. The van der Waals surface area contributed by atoms with Gasteiger partial charge in [-0.1, -0.05) is 53.0 Å². The minimum atomic E-state index is -4.27. The molecule has 1 heterocycles. The number of aryl methyl sites for hydroxylation is 1. The molecule has 3 rings (SSSR count). The molecule has 0 saturated heterocycles. The molecule has 6 nitrogen and oxygen atoms in total. The molecule has 142 valence electrons. The van der Waals surface area contributed by atoms with Gasteiger partial charge in [-0.2, -0.15) is 0 Å². The lowest BCUT2D eigenvalue weighted by molar-refractivity contribution is -0.140. The summed E-state index contributed by atoms with van der Waals surface area (Å²) in [6.45, 7) is 1.81. The van der Waals surface area contributed by atoms with Gasteiger partial charge in [0.1, 0.15) is 5.92 Å². The molecule has 0 saturated carbocycles. The number of para-hydroxylation sites is 1. The number of sulfonamides is 1. The summed E-state index contributed by atoms with van der Waals surface area (Å²) in [5.41, 5.74) is 0.731. The molecule has 1 N–H and O–H groups in total. The fourth-order valence-corrected chi connectivity index (χ4v) is 5.54. The quantitative estimate of drug-likeness (QED) is 0.458. The second-order valence-corrected chi connectivity index (χ2v) is 9.46. The van der Waals surface area contributed by atoms with Gasteiger partial charge in [0, 0.05) is 12.0 Å². The molecule has 27 heavy (non-hydrogen) atoms. The maximum absolute atomic E-state index is 13.3. The molecule has 9 heteroatoms. The molecular formula is C18H15Cl2NO5S. The van der Waals surface area contributed by atoms with Gasteiger partial charge in [0.05, 0.1) is 10.6 Å². The number of ketones is 1. The third kappa shape index (κ3) is 3.42. The number of hydrogen-bond donors (Lipinski definition) is 1. The third-order valence-corrected chi connectivity index (χ3v) is 7.01. The first-order chi connectivity index (χ1) is 12.6. The average molecular weight is 428 g/mol. The van der Waals surface area contributed by atoms with Crippen molar-refractivity contribution in [2.45, 2.75) is 22.7 Å². The number of carboxylic acid groups (broad SMARTS) is 1. The Bertz CT molecular complexity index is 1020. The molecule has 2 aromatic rings. The van der Waals surface area contributed by atoms with Crippen molar-refractivity contribution in [3.05, 3.63) is 59.7 Å². The van der Waals surface area contributed by atoms with Crippen molar-refractivity contribution < 1.29 is 23.1 Å². The van der Waals surface area contributed by atoms with E-state index in [1.807, 2.05) is 0 Å². The minimum Gasteiger partial charge on any atom is -0.481 e. The number of fused-ring (bicyclic) bond motifs is 1. The summed E-state index contributed by atoms with van der Waals surface area (Å²) in [7, 11) is -4.27. The van der Waals surface area contributed by atoms with Crippen molar-refractivity contribution >= 4 is 50.7 Å². The Morgan fingerprint density at radius 3 is 2.33 bits per heavy atom. The molecular weight excluding hydrogens is 413 g/mol. The fraction of sp³-hybridized carbons (Fsp3) is 0.222. The highest BCUT2D eigenvalue weighted by Gasteiger charge is 2.50. The molecule has 1 unspecified atom stereocenters. The Morgan fingerprint density at radius 1 is 1.15 bits per heavy atom. The molecule has 1 atom stereocenters.